The van der Waals surface area contributed by atoms with Gasteiger partial charge in [-0.1, -0.05) is 11.3 Å². The summed E-state index contributed by atoms with van der Waals surface area (Å²) < 4.78 is 36.3. The number of halogens is 2. The second kappa shape index (κ2) is 11.1. The van der Waals surface area contributed by atoms with Gasteiger partial charge in [0.1, 0.15) is 17.2 Å². The van der Waals surface area contributed by atoms with Gasteiger partial charge in [0, 0.05) is 31.5 Å². The maximum Gasteiger partial charge on any atom is 0.190 e. The van der Waals surface area contributed by atoms with Crippen molar-refractivity contribution in [2.24, 2.45) is 0 Å². The molecule has 4 aromatic rings. The molecule has 0 aliphatic carbocycles. The third-order valence-corrected chi connectivity index (χ3v) is 5.37. The van der Waals surface area contributed by atoms with E-state index in [1.54, 1.807) is 16.9 Å². The minimum atomic E-state index is -1.07. The first-order chi connectivity index (χ1) is 17.0. The van der Waals surface area contributed by atoms with Crippen molar-refractivity contribution in [3.63, 3.8) is 0 Å². The van der Waals surface area contributed by atoms with E-state index in [0.29, 0.717) is 36.6 Å². The number of aromatic nitrogens is 8. The summed E-state index contributed by atoms with van der Waals surface area (Å²) in [5.41, 5.74) is 7.49. The van der Waals surface area contributed by atoms with Gasteiger partial charge in [0.15, 0.2) is 17.5 Å². The predicted molar refractivity (Wildman–Crippen MR) is 124 cm³/mol. The first-order valence-corrected chi connectivity index (χ1v) is 11.1. The predicted octanol–water partition coefficient (Wildman–Crippen LogP) is 2.20. The molecule has 1 aromatic carbocycles. The van der Waals surface area contributed by atoms with E-state index >= 15 is 0 Å². The van der Waals surface area contributed by atoms with E-state index < -0.39 is 11.6 Å². The van der Waals surface area contributed by atoms with Crippen molar-refractivity contribution in [2.45, 2.75) is 19.9 Å². The van der Waals surface area contributed by atoms with Crippen LogP contribution in [0.2, 0.25) is 0 Å². The second-order valence-corrected chi connectivity index (χ2v) is 7.86. The normalized spacial score (nSPS) is 11.5. The summed E-state index contributed by atoms with van der Waals surface area (Å²) in [5, 5.41) is 19.8. The first kappa shape index (κ1) is 24.3. The number of rotatable bonds is 11. The standard InChI is InChI=1S/C22H26F2N10O/c1-3-35-11-10-32(2)8-5-9-33-14-18(27-30-33)15-12-16(21(25)26-13-15)22-28-29-31-34(22)19-7-4-6-17(23)20(19)24/h4,6-7,12-14H,3,5,8-11H2,1-2H3,(H2,25,26). The molecule has 3 heterocycles. The topological polar surface area (TPSA) is 126 Å². The monoisotopic (exact) mass is 484 g/mol. The van der Waals surface area contributed by atoms with Gasteiger partial charge in [0.25, 0.3) is 0 Å². The van der Waals surface area contributed by atoms with E-state index in [0.717, 1.165) is 30.3 Å². The van der Waals surface area contributed by atoms with E-state index in [-0.39, 0.29) is 17.3 Å². The molecule has 11 nitrogen and oxygen atoms in total. The van der Waals surface area contributed by atoms with E-state index in [1.165, 1.54) is 12.1 Å². The first-order valence-electron chi connectivity index (χ1n) is 11.1. The van der Waals surface area contributed by atoms with Crippen LogP contribution in [0.15, 0.2) is 36.7 Å². The van der Waals surface area contributed by atoms with E-state index in [4.69, 9.17) is 10.5 Å². The van der Waals surface area contributed by atoms with Crippen molar-refractivity contribution < 1.29 is 13.5 Å². The second-order valence-electron chi connectivity index (χ2n) is 7.86. The molecule has 184 valence electrons. The van der Waals surface area contributed by atoms with Gasteiger partial charge in [0.05, 0.1) is 18.4 Å². The Morgan fingerprint density at radius 1 is 1.14 bits per heavy atom. The molecule has 3 aromatic heterocycles. The molecule has 0 fully saturated rings. The smallest absolute Gasteiger partial charge is 0.190 e. The maximum absolute atomic E-state index is 14.4. The van der Waals surface area contributed by atoms with E-state index in [2.05, 4.69) is 42.8 Å². The fourth-order valence-corrected chi connectivity index (χ4v) is 3.49. The van der Waals surface area contributed by atoms with Crippen LogP contribution in [0.25, 0.3) is 28.3 Å². The number of likely N-dealkylation sites (N-methyl/N-ethyl adjacent to an activating group) is 1. The molecule has 2 N–H and O–H groups in total. The lowest BCUT2D eigenvalue weighted by Crippen LogP contribution is -2.25. The minimum absolute atomic E-state index is 0.115. The van der Waals surface area contributed by atoms with Crippen LogP contribution in [0.3, 0.4) is 0 Å². The minimum Gasteiger partial charge on any atom is -0.383 e. The molecule has 13 heteroatoms. The number of ether oxygens (including phenoxy) is 1. The number of aryl methyl sites for hydroxylation is 1. The van der Waals surface area contributed by atoms with Gasteiger partial charge in [-0.05, 0) is 55.6 Å². The van der Waals surface area contributed by atoms with Crippen molar-refractivity contribution >= 4 is 5.82 Å². The Labute approximate surface area is 200 Å². The van der Waals surface area contributed by atoms with Crippen molar-refractivity contribution in [2.75, 3.05) is 39.1 Å². The van der Waals surface area contributed by atoms with E-state index in [9.17, 15) is 8.78 Å². The molecule has 0 amide bonds. The van der Waals surface area contributed by atoms with Crippen molar-refractivity contribution in [1.29, 1.82) is 0 Å². The largest absolute Gasteiger partial charge is 0.383 e. The SMILES string of the molecule is CCOCCN(C)CCCn1cc(-c2cnc(N)c(-c3nnnn3-c3cccc(F)c3F)c2)nn1. The van der Waals surface area contributed by atoms with Gasteiger partial charge in [-0.15, -0.1) is 10.2 Å². The van der Waals surface area contributed by atoms with Crippen LogP contribution in [0.1, 0.15) is 13.3 Å². The number of hydrogen-bond donors (Lipinski definition) is 1. The fourth-order valence-electron chi connectivity index (χ4n) is 3.49. The van der Waals surface area contributed by atoms with Gasteiger partial charge in [-0.2, -0.15) is 4.68 Å². The molecule has 0 saturated heterocycles. The summed E-state index contributed by atoms with van der Waals surface area (Å²) >= 11 is 0. The molecule has 0 radical (unpaired) electrons. The van der Waals surface area contributed by atoms with Gasteiger partial charge in [-0.25, -0.2) is 13.8 Å². The molecule has 0 aliphatic rings. The summed E-state index contributed by atoms with van der Waals surface area (Å²) in [7, 11) is 2.05. The number of nitrogens with zero attached hydrogens (tertiary/aromatic N) is 9. The molecule has 4 rings (SSSR count). The summed E-state index contributed by atoms with van der Waals surface area (Å²) in [6.07, 6.45) is 4.27. The Hall–Kier alpha value is -3.84. The number of nitrogens with two attached hydrogens (primary N) is 1. The Balaban J connectivity index is 1.51. The highest BCUT2D eigenvalue weighted by molar-refractivity contribution is 5.75. The molecule has 0 spiro atoms. The maximum atomic E-state index is 14.4. The highest BCUT2D eigenvalue weighted by Gasteiger charge is 2.20. The lowest BCUT2D eigenvalue weighted by atomic mass is 10.1. The fraction of sp³-hybridized carbons (Fsp3) is 0.364. The molecular formula is C22H26F2N10O. The zero-order valence-electron chi connectivity index (χ0n) is 19.5. The molecule has 0 unspecified atom stereocenters. The van der Waals surface area contributed by atoms with Crippen LogP contribution in [-0.2, 0) is 11.3 Å². The highest BCUT2D eigenvalue weighted by atomic mass is 19.2. The Kier molecular flexibility index (Phi) is 7.67. The van der Waals surface area contributed by atoms with Crippen LogP contribution >= 0.6 is 0 Å². The molecular weight excluding hydrogens is 458 g/mol. The zero-order valence-corrected chi connectivity index (χ0v) is 19.5. The number of hydrogen-bond acceptors (Lipinski definition) is 9. The average molecular weight is 485 g/mol. The Morgan fingerprint density at radius 3 is 2.83 bits per heavy atom. The quantitative estimate of drug-likeness (QED) is 0.319. The van der Waals surface area contributed by atoms with Crippen molar-refractivity contribution in [3.8, 4) is 28.3 Å². The van der Waals surface area contributed by atoms with Crippen LogP contribution in [0.4, 0.5) is 14.6 Å². The Morgan fingerprint density at radius 2 is 2.00 bits per heavy atom. The van der Waals surface area contributed by atoms with Crippen LogP contribution in [0.5, 0.6) is 0 Å². The van der Waals surface area contributed by atoms with Gasteiger partial charge >= 0.3 is 0 Å². The molecule has 0 bridgehead atoms. The van der Waals surface area contributed by atoms with Gasteiger partial charge in [-0.3, -0.25) is 4.68 Å². The zero-order chi connectivity index (χ0) is 24.8. The number of anilines is 1. The summed E-state index contributed by atoms with van der Waals surface area (Å²) in [6, 6.07) is 5.44. The van der Waals surface area contributed by atoms with Crippen molar-refractivity contribution in [1.82, 2.24) is 45.1 Å². The number of nitrogen functional groups attached to an aromatic ring is 1. The van der Waals surface area contributed by atoms with Crippen LogP contribution < -0.4 is 5.73 Å². The molecule has 0 saturated carbocycles. The number of benzene rings is 1. The van der Waals surface area contributed by atoms with Gasteiger partial charge < -0.3 is 15.4 Å². The van der Waals surface area contributed by atoms with Crippen molar-refractivity contribution in [3.05, 3.63) is 48.3 Å². The van der Waals surface area contributed by atoms with Gasteiger partial charge in [0.2, 0.25) is 0 Å². The number of pyridine rings is 1. The highest BCUT2D eigenvalue weighted by Crippen LogP contribution is 2.29. The summed E-state index contributed by atoms with van der Waals surface area (Å²) in [4.78, 5) is 6.43. The van der Waals surface area contributed by atoms with Crippen LogP contribution in [0, 0.1) is 11.6 Å². The summed E-state index contributed by atoms with van der Waals surface area (Å²) in [6.45, 7) is 5.87. The van der Waals surface area contributed by atoms with Crippen LogP contribution in [-0.4, -0.2) is 78.4 Å². The average Bonchev–Trinajstić information content (AvgIpc) is 3.52. The molecule has 0 atom stereocenters. The third-order valence-electron chi connectivity index (χ3n) is 5.37. The Bertz CT molecular complexity index is 1270. The lowest BCUT2D eigenvalue weighted by Gasteiger charge is -2.15. The lowest BCUT2D eigenvalue weighted by molar-refractivity contribution is 0.121. The summed E-state index contributed by atoms with van der Waals surface area (Å²) in [5.74, 6) is -1.84. The number of tetrazole rings is 1. The molecule has 0 aliphatic heterocycles. The molecule has 35 heavy (non-hydrogen) atoms. The third kappa shape index (κ3) is 5.63. The van der Waals surface area contributed by atoms with E-state index in [1.807, 2.05) is 13.1 Å².